The van der Waals surface area contributed by atoms with Crippen LogP contribution in [0.2, 0.25) is 0 Å². The van der Waals surface area contributed by atoms with Gasteiger partial charge in [0.1, 0.15) is 11.3 Å². The van der Waals surface area contributed by atoms with Crippen LogP contribution in [-0.2, 0) is 0 Å². The molecule has 0 aliphatic rings. The van der Waals surface area contributed by atoms with Crippen LogP contribution in [-0.4, -0.2) is 19.6 Å². The summed E-state index contributed by atoms with van der Waals surface area (Å²) < 4.78 is 8.59. The van der Waals surface area contributed by atoms with Crippen LogP contribution in [0.25, 0.3) is 17.2 Å². The smallest absolute Gasteiger partial charge is 0.268 e. The molecule has 0 bridgehead atoms. The van der Waals surface area contributed by atoms with E-state index in [1.165, 1.54) is 0 Å². The second-order valence-corrected chi connectivity index (χ2v) is 4.99. The van der Waals surface area contributed by atoms with Crippen molar-refractivity contribution in [1.29, 1.82) is 0 Å². The van der Waals surface area contributed by atoms with Crippen LogP contribution in [0.5, 0.6) is 0 Å². The van der Waals surface area contributed by atoms with E-state index in [1.807, 2.05) is 29.7 Å². The lowest BCUT2D eigenvalue weighted by atomic mass is 10.3. The second kappa shape index (κ2) is 3.80. The van der Waals surface area contributed by atoms with Crippen molar-refractivity contribution in [3.8, 4) is 11.6 Å². The van der Waals surface area contributed by atoms with E-state index in [0.29, 0.717) is 11.8 Å². The average molecular weight is 340 g/mol. The van der Waals surface area contributed by atoms with Crippen LogP contribution in [0.3, 0.4) is 0 Å². The van der Waals surface area contributed by atoms with Crippen molar-refractivity contribution < 1.29 is 4.42 Å². The van der Waals surface area contributed by atoms with Crippen LogP contribution in [0, 0.1) is 17.4 Å². The van der Waals surface area contributed by atoms with Crippen LogP contribution in [0.1, 0.15) is 11.6 Å². The van der Waals surface area contributed by atoms with Crippen molar-refractivity contribution in [3.05, 3.63) is 33.5 Å². The lowest BCUT2D eigenvalue weighted by molar-refractivity contribution is 0.531. The van der Waals surface area contributed by atoms with Gasteiger partial charge in [-0.1, -0.05) is 0 Å². The Morgan fingerprint density at radius 2 is 2.06 bits per heavy atom. The Hall–Kier alpha value is -1.44. The summed E-state index contributed by atoms with van der Waals surface area (Å²) in [6.07, 6.45) is 2.03. The molecule has 3 rings (SSSR count). The first kappa shape index (κ1) is 10.7. The molecule has 3 aromatic rings. The first-order valence-corrected chi connectivity index (χ1v) is 6.18. The summed E-state index contributed by atoms with van der Waals surface area (Å²) in [5.74, 6) is 1.02. The van der Waals surface area contributed by atoms with E-state index in [0.717, 1.165) is 20.6 Å². The summed E-state index contributed by atoms with van der Waals surface area (Å²) in [6, 6.07) is 3.99. The lowest BCUT2D eigenvalue weighted by Gasteiger charge is -1.96. The summed E-state index contributed by atoms with van der Waals surface area (Å²) in [5.41, 5.74) is 2.63. The van der Waals surface area contributed by atoms with E-state index in [9.17, 15) is 0 Å². The quantitative estimate of drug-likeness (QED) is 0.639. The van der Waals surface area contributed by atoms with Gasteiger partial charge in [0.2, 0.25) is 5.89 Å². The number of fused-ring (bicyclic) bond motifs is 1. The summed E-state index contributed by atoms with van der Waals surface area (Å²) in [5, 5.41) is 7.82. The van der Waals surface area contributed by atoms with E-state index < -0.39 is 0 Å². The fraction of sp³-hybridized carbons (Fsp3) is 0.182. The summed E-state index contributed by atoms with van der Waals surface area (Å²) in [7, 11) is 0. The molecule has 6 heteroatoms. The Morgan fingerprint density at radius 3 is 2.76 bits per heavy atom. The first-order chi connectivity index (χ1) is 8.15. The number of nitrogens with zero attached hydrogens (tertiary/aromatic N) is 4. The minimum Gasteiger partial charge on any atom is -0.420 e. The molecule has 3 heterocycles. The third kappa shape index (κ3) is 1.72. The minimum absolute atomic E-state index is 0.471. The fourth-order valence-corrected chi connectivity index (χ4v) is 2.19. The molecular formula is C11H9IN4O. The van der Waals surface area contributed by atoms with Gasteiger partial charge in [-0.2, -0.15) is 0 Å². The zero-order valence-electron chi connectivity index (χ0n) is 9.31. The Kier molecular flexibility index (Phi) is 2.39. The molecular weight excluding hydrogens is 331 g/mol. The van der Waals surface area contributed by atoms with Crippen molar-refractivity contribution >= 4 is 28.2 Å². The van der Waals surface area contributed by atoms with Gasteiger partial charge in [0.25, 0.3) is 5.89 Å². The normalized spacial score (nSPS) is 11.2. The Bertz CT molecular complexity index is 701. The van der Waals surface area contributed by atoms with Gasteiger partial charge in [0.05, 0.1) is 5.69 Å². The van der Waals surface area contributed by atoms with Gasteiger partial charge < -0.3 is 8.82 Å². The largest absolute Gasteiger partial charge is 0.420 e. The van der Waals surface area contributed by atoms with Gasteiger partial charge in [-0.3, -0.25) is 0 Å². The molecule has 0 saturated heterocycles. The molecule has 0 aliphatic heterocycles. The average Bonchev–Trinajstić information content (AvgIpc) is 2.84. The number of hydrogen-bond acceptors (Lipinski definition) is 4. The highest BCUT2D eigenvalue weighted by Gasteiger charge is 2.15. The summed E-state index contributed by atoms with van der Waals surface area (Å²) in [6.45, 7) is 3.76. The van der Waals surface area contributed by atoms with Crippen LogP contribution in [0.15, 0.2) is 22.7 Å². The van der Waals surface area contributed by atoms with Gasteiger partial charge in [-0.25, -0.2) is 4.98 Å². The number of rotatable bonds is 1. The van der Waals surface area contributed by atoms with E-state index >= 15 is 0 Å². The molecule has 0 fully saturated rings. The van der Waals surface area contributed by atoms with Crippen LogP contribution in [0.4, 0.5) is 0 Å². The van der Waals surface area contributed by atoms with Gasteiger partial charge in [-0.05, 0) is 41.6 Å². The molecule has 0 aliphatic carbocycles. The van der Waals surface area contributed by atoms with E-state index in [4.69, 9.17) is 4.42 Å². The van der Waals surface area contributed by atoms with Crippen molar-refractivity contribution in [3.63, 3.8) is 0 Å². The molecule has 0 atom stereocenters. The highest BCUT2D eigenvalue weighted by atomic mass is 127. The van der Waals surface area contributed by atoms with Crippen molar-refractivity contribution in [2.24, 2.45) is 0 Å². The number of hydrogen-bond donors (Lipinski definition) is 0. The Morgan fingerprint density at radius 1 is 1.24 bits per heavy atom. The first-order valence-electron chi connectivity index (χ1n) is 5.10. The van der Waals surface area contributed by atoms with E-state index in [2.05, 4.69) is 37.8 Å². The number of halogens is 1. The topological polar surface area (TPSA) is 56.2 Å². The maximum absolute atomic E-state index is 5.41. The standard InChI is InChI=1S/C11H9IN4O/c1-6-10(11-15-14-7(2)17-11)13-9-4-3-8(12)5-16(6)9/h3-5H,1-2H3. The van der Waals surface area contributed by atoms with Gasteiger partial charge >= 0.3 is 0 Å². The van der Waals surface area contributed by atoms with Crippen molar-refractivity contribution in [1.82, 2.24) is 19.6 Å². The van der Waals surface area contributed by atoms with Gasteiger partial charge in [0, 0.05) is 16.7 Å². The maximum Gasteiger partial charge on any atom is 0.268 e. The Balaban J connectivity index is 2.27. The predicted molar refractivity (Wildman–Crippen MR) is 70.7 cm³/mol. The Labute approximate surface area is 111 Å². The molecule has 0 unspecified atom stereocenters. The molecule has 0 spiro atoms. The fourth-order valence-electron chi connectivity index (χ4n) is 1.73. The lowest BCUT2D eigenvalue weighted by Crippen LogP contribution is -1.88. The summed E-state index contributed by atoms with van der Waals surface area (Å²) in [4.78, 5) is 4.50. The maximum atomic E-state index is 5.41. The van der Waals surface area contributed by atoms with Crippen molar-refractivity contribution in [2.45, 2.75) is 13.8 Å². The SMILES string of the molecule is Cc1nnc(-c2nc3ccc(I)cn3c2C)o1. The monoisotopic (exact) mass is 340 g/mol. The van der Waals surface area contributed by atoms with Crippen LogP contribution < -0.4 is 0 Å². The van der Waals surface area contributed by atoms with Crippen LogP contribution >= 0.6 is 22.6 Å². The molecule has 5 nitrogen and oxygen atoms in total. The number of aryl methyl sites for hydroxylation is 2. The summed E-state index contributed by atoms with van der Waals surface area (Å²) >= 11 is 2.27. The molecule has 0 aromatic carbocycles. The zero-order chi connectivity index (χ0) is 12.0. The number of aromatic nitrogens is 4. The molecule has 0 radical (unpaired) electrons. The predicted octanol–water partition coefficient (Wildman–Crippen LogP) is 2.61. The van der Waals surface area contributed by atoms with Gasteiger partial charge in [-0.15, -0.1) is 10.2 Å². The van der Waals surface area contributed by atoms with E-state index in [1.54, 1.807) is 6.92 Å². The highest BCUT2D eigenvalue weighted by Crippen LogP contribution is 2.23. The van der Waals surface area contributed by atoms with E-state index in [-0.39, 0.29) is 0 Å². The molecule has 3 aromatic heterocycles. The highest BCUT2D eigenvalue weighted by molar-refractivity contribution is 14.1. The second-order valence-electron chi connectivity index (χ2n) is 3.75. The molecule has 0 N–H and O–H groups in total. The third-order valence-electron chi connectivity index (χ3n) is 2.55. The number of imidazole rings is 1. The zero-order valence-corrected chi connectivity index (χ0v) is 11.5. The number of pyridine rings is 1. The molecule has 86 valence electrons. The molecule has 17 heavy (non-hydrogen) atoms. The molecule has 0 amide bonds. The third-order valence-corrected chi connectivity index (χ3v) is 3.19. The molecule has 0 saturated carbocycles. The minimum atomic E-state index is 0.471. The van der Waals surface area contributed by atoms with Gasteiger partial charge in [0.15, 0.2) is 0 Å². The van der Waals surface area contributed by atoms with Crippen molar-refractivity contribution in [2.75, 3.05) is 0 Å².